The highest BCUT2D eigenvalue weighted by atomic mass is 19.2. The van der Waals surface area contributed by atoms with Gasteiger partial charge in [-0.25, -0.2) is 18.6 Å². The van der Waals surface area contributed by atoms with Crippen LogP contribution >= 0.6 is 0 Å². The van der Waals surface area contributed by atoms with E-state index in [0.717, 1.165) is 29.2 Å². The molecule has 2 aromatic heterocycles. The molecule has 9 nitrogen and oxygen atoms in total. The van der Waals surface area contributed by atoms with Crippen LogP contribution in [0, 0.1) is 11.6 Å². The average molecular weight is 464 g/mol. The number of carbonyl (C=O) groups is 1. The van der Waals surface area contributed by atoms with Crippen molar-refractivity contribution in [1.29, 1.82) is 0 Å². The van der Waals surface area contributed by atoms with Crippen molar-refractivity contribution in [1.82, 2.24) is 30.5 Å². The third-order valence-corrected chi connectivity index (χ3v) is 5.08. The first-order valence-electron chi connectivity index (χ1n) is 10.6. The van der Waals surface area contributed by atoms with Crippen molar-refractivity contribution in [2.24, 2.45) is 0 Å². The zero-order chi connectivity index (χ0) is 24.1. The summed E-state index contributed by atoms with van der Waals surface area (Å²) < 4.78 is 29.2. The Morgan fingerprint density at radius 3 is 2.68 bits per heavy atom. The Hall–Kier alpha value is -4.41. The summed E-state index contributed by atoms with van der Waals surface area (Å²) in [7, 11) is 0. The molecule has 4 N–H and O–H groups in total. The number of halogens is 2. The molecule has 0 atom stereocenters. The molecule has 0 spiro atoms. The SMILES string of the molecule is CCCCNC(=O)Nc1ccc(-c2cnc(N)c(-c3nnnn3-c3cccc(F)c3F)c2)cc1. The number of hydrogen-bond donors (Lipinski definition) is 3. The first kappa shape index (κ1) is 22.8. The molecule has 4 rings (SSSR count). The highest BCUT2D eigenvalue weighted by Gasteiger charge is 2.19. The lowest BCUT2D eigenvalue weighted by atomic mass is 10.0. The minimum absolute atomic E-state index is 0.110. The first-order valence-corrected chi connectivity index (χ1v) is 10.6. The number of urea groups is 1. The van der Waals surface area contributed by atoms with Gasteiger partial charge in [0.1, 0.15) is 11.5 Å². The molecule has 174 valence electrons. The maximum absolute atomic E-state index is 14.3. The molecule has 0 fully saturated rings. The fraction of sp³-hybridized carbons (Fsp3) is 0.174. The van der Waals surface area contributed by atoms with E-state index in [1.54, 1.807) is 24.4 Å². The Morgan fingerprint density at radius 1 is 1.12 bits per heavy atom. The summed E-state index contributed by atoms with van der Waals surface area (Å²) in [5.74, 6) is -1.87. The quantitative estimate of drug-likeness (QED) is 0.353. The summed E-state index contributed by atoms with van der Waals surface area (Å²) in [6.07, 6.45) is 3.49. The number of nitrogens with two attached hydrogens (primary N) is 1. The highest BCUT2D eigenvalue weighted by molar-refractivity contribution is 5.89. The molecule has 0 saturated carbocycles. The Bertz CT molecular complexity index is 1310. The molecule has 34 heavy (non-hydrogen) atoms. The van der Waals surface area contributed by atoms with Crippen LogP contribution in [-0.2, 0) is 0 Å². The molecule has 0 saturated heterocycles. The number of benzene rings is 2. The number of carbonyl (C=O) groups excluding carboxylic acids is 1. The van der Waals surface area contributed by atoms with Gasteiger partial charge in [0.05, 0.1) is 5.56 Å². The molecule has 0 aliphatic heterocycles. The molecular formula is C23H22F2N8O. The van der Waals surface area contributed by atoms with Crippen LogP contribution in [0.4, 0.5) is 25.1 Å². The smallest absolute Gasteiger partial charge is 0.319 e. The minimum Gasteiger partial charge on any atom is -0.383 e. The molecule has 11 heteroatoms. The van der Waals surface area contributed by atoms with Gasteiger partial charge in [-0.1, -0.05) is 31.5 Å². The van der Waals surface area contributed by atoms with E-state index >= 15 is 0 Å². The topological polar surface area (TPSA) is 124 Å². The third kappa shape index (κ3) is 4.82. The number of hydrogen-bond acceptors (Lipinski definition) is 6. The van der Waals surface area contributed by atoms with Gasteiger partial charge in [-0.3, -0.25) is 0 Å². The average Bonchev–Trinajstić information content (AvgIpc) is 3.31. The zero-order valence-electron chi connectivity index (χ0n) is 18.3. The van der Waals surface area contributed by atoms with Gasteiger partial charge in [-0.05, 0) is 52.7 Å². The Morgan fingerprint density at radius 2 is 1.91 bits per heavy atom. The number of pyridine rings is 1. The number of tetrazole rings is 1. The second-order valence-electron chi connectivity index (χ2n) is 7.46. The van der Waals surface area contributed by atoms with E-state index in [9.17, 15) is 13.6 Å². The van der Waals surface area contributed by atoms with E-state index in [0.29, 0.717) is 23.4 Å². The molecule has 2 aromatic carbocycles. The molecule has 0 aliphatic carbocycles. The third-order valence-electron chi connectivity index (χ3n) is 5.08. The number of anilines is 2. The summed E-state index contributed by atoms with van der Waals surface area (Å²) in [5.41, 5.74) is 8.37. The fourth-order valence-corrected chi connectivity index (χ4v) is 3.29. The van der Waals surface area contributed by atoms with Crippen LogP contribution in [0.2, 0.25) is 0 Å². The number of nitrogens with one attached hydrogen (secondary N) is 2. The molecule has 0 unspecified atom stereocenters. The van der Waals surface area contributed by atoms with Crippen molar-refractivity contribution in [3.05, 3.63) is 66.4 Å². The van der Waals surface area contributed by atoms with Crippen LogP contribution in [0.1, 0.15) is 19.8 Å². The number of rotatable bonds is 7. The molecule has 0 radical (unpaired) electrons. The van der Waals surface area contributed by atoms with Gasteiger partial charge in [0.25, 0.3) is 0 Å². The monoisotopic (exact) mass is 464 g/mol. The van der Waals surface area contributed by atoms with Crippen molar-refractivity contribution < 1.29 is 13.6 Å². The zero-order valence-corrected chi connectivity index (χ0v) is 18.3. The second-order valence-corrected chi connectivity index (χ2v) is 7.46. The van der Waals surface area contributed by atoms with Crippen LogP contribution in [0.25, 0.3) is 28.2 Å². The fourth-order valence-electron chi connectivity index (χ4n) is 3.29. The van der Waals surface area contributed by atoms with Crippen molar-refractivity contribution in [3.63, 3.8) is 0 Å². The maximum atomic E-state index is 14.3. The van der Waals surface area contributed by atoms with E-state index in [1.807, 2.05) is 12.1 Å². The van der Waals surface area contributed by atoms with E-state index in [-0.39, 0.29) is 23.4 Å². The molecule has 4 aromatic rings. The largest absolute Gasteiger partial charge is 0.383 e. The lowest BCUT2D eigenvalue weighted by Gasteiger charge is -2.11. The molecule has 2 amide bonds. The lowest BCUT2D eigenvalue weighted by molar-refractivity contribution is 0.252. The van der Waals surface area contributed by atoms with Gasteiger partial charge in [-0.15, -0.1) is 5.10 Å². The Kier molecular flexibility index (Phi) is 6.72. The second kappa shape index (κ2) is 10.0. The van der Waals surface area contributed by atoms with Crippen molar-refractivity contribution in [3.8, 4) is 28.2 Å². The summed E-state index contributed by atoms with van der Waals surface area (Å²) in [4.78, 5) is 16.2. The molecule has 2 heterocycles. The van der Waals surface area contributed by atoms with Crippen LogP contribution in [-0.4, -0.2) is 37.8 Å². The number of nitrogen functional groups attached to an aromatic ring is 1. The van der Waals surface area contributed by atoms with Gasteiger partial charge in [-0.2, -0.15) is 4.68 Å². The predicted octanol–water partition coefficient (Wildman–Crippen LogP) is 4.17. The van der Waals surface area contributed by atoms with Gasteiger partial charge in [0.15, 0.2) is 17.5 Å². The Balaban J connectivity index is 1.60. The lowest BCUT2D eigenvalue weighted by Crippen LogP contribution is -2.29. The van der Waals surface area contributed by atoms with Crippen LogP contribution in [0.15, 0.2) is 54.7 Å². The van der Waals surface area contributed by atoms with Gasteiger partial charge < -0.3 is 16.4 Å². The van der Waals surface area contributed by atoms with Gasteiger partial charge >= 0.3 is 6.03 Å². The summed E-state index contributed by atoms with van der Waals surface area (Å²) in [5, 5.41) is 16.9. The highest BCUT2D eigenvalue weighted by Crippen LogP contribution is 2.30. The van der Waals surface area contributed by atoms with Crippen molar-refractivity contribution in [2.45, 2.75) is 19.8 Å². The van der Waals surface area contributed by atoms with Crippen LogP contribution in [0.3, 0.4) is 0 Å². The summed E-state index contributed by atoms with van der Waals surface area (Å²) in [6, 6.07) is 12.3. The van der Waals surface area contributed by atoms with Gasteiger partial charge in [0.2, 0.25) is 0 Å². The number of nitrogens with zero attached hydrogens (tertiary/aromatic N) is 5. The molecular weight excluding hydrogens is 442 g/mol. The van der Waals surface area contributed by atoms with Gasteiger partial charge in [0, 0.05) is 24.0 Å². The van der Waals surface area contributed by atoms with Crippen LogP contribution < -0.4 is 16.4 Å². The number of unbranched alkanes of at least 4 members (excludes halogenated alkanes) is 1. The molecule has 0 aliphatic rings. The first-order chi connectivity index (χ1) is 16.5. The summed E-state index contributed by atoms with van der Waals surface area (Å²) >= 11 is 0. The van der Waals surface area contributed by atoms with Crippen molar-refractivity contribution in [2.75, 3.05) is 17.6 Å². The minimum atomic E-state index is -1.08. The van der Waals surface area contributed by atoms with Crippen LogP contribution in [0.5, 0.6) is 0 Å². The van der Waals surface area contributed by atoms with E-state index < -0.39 is 11.6 Å². The number of aromatic nitrogens is 5. The number of amides is 2. The normalized spacial score (nSPS) is 10.8. The predicted molar refractivity (Wildman–Crippen MR) is 124 cm³/mol. The summed E-state index contributed by atoms with van der Waals surface area (Å²) in [6.45, 7) is 2.66. The van der Waals surface area contributed by atoms with E-state index in [4.69, 9.17) is 5.73 Å². The van der Waals surface area contributed by atoms with E-state index in [2.05, 4.69) is 38.1 Å². The van der Waals surface area contributed by atoms with Crippen molar-refractivity contribution >= 4 is 17.5 Å². The molecule has 0 bridgehead atoms. The Labute approximate surface area is 194 Å². The maximum Gasteiger partial charge on any atom is 0.319 e. The standard InChI is InChI=1S/C23H22F2N8O/c1-2-3-11-27-23(34)29-16-9-7-14(8-10-16)15-12-17(21(26)28-13-15)22-30-31-32-33(22)19-6-4-5-18(24)20(19)25/h4-10,12-13H,2-3,11H2,1H3,(H2,26,28)(H2,27,29,34). The van der Waals surface area contributed by atoms with E-state index in [1.165, 1.54) is 12.1 Å².